The summed E-state index contributed by atoms with van der Waals surface area (Å²) in [5.41, 5.74) is 2.38. The van der Waals surface area contributed by atoms with E-state index in [9.17, 15) is 0 Å². The molecule has 106 valence electrons. The standard InChI is InChI=1S/C18H15BrClN/c1-21-18(15-8-9-16(19)17(20)11-15)14-7-6-12-4-2-3-5-13(12)10-14/h2-11,18,21H,1H3. The van der Waals surface area contributed by atoms with Crippen molar-refractivity contribution in [3.8, 4) is 0 Å². The van der Waals surface area contributed by atoms with Gasteiger partial charge >= 0.3 is 0 Å². The molecule has 0 fully saturated rings. The summed E-state index contributed by atoms with van der Waals surface area (Å²) in [4.78, 5) is 0. The number of hydrogen-bond acceptors (Lipinski definition) is 1. The monoisotopic (exact) mass is 359 g/mol. The number of fused-ring (bicyclic) bond motifs is 1. The third-order valence-corrected chi connectivity index (χ3v) is 4.91. The maximum atomic E-state index is 6.22. The first kappa shape index (κ1) is 14.6. The summed E-state index contributed by atoms with van der Waals surface area (Å²) in [6, 6.07) is 21.2. The van der Waals surface area contributed by atoms with E-state index in [2.05, 4.69) is 69.8 Å². The van der Waals surface area contributed by atoms with Crippen molar-refractivity contribution in [2.75, 3.05) is 7.05 Å². The van der Waals surface area contributed by atoms with E-state index in [1.807, 2.05) is 19.2 Å². The van der Waals surface area contributed by atoms with Crippen LogP contribution in [0.5, 0.6) is 0 Å². The summed E-state index contributed by atoms with van der Waals surface area (Å²) < 4.78 is 0.918. The Labute approximate surface area is 138 Å². The van der Waals surface area contributed by atoms with E-state index >= 15 is 0 Å². The van der Waals surface area contributed by atoms with Crippen molar-refractivity contribution < 1.29 is 0 Å². The van der Waals surface area contributed by atoms with E-state index in [0.717, 1.165) is 15.1 Å². The van der Waals surface area contributed by atoms with Crippen molar-refractivity contribution in [1.82, 2.24) is 5.32 Å². The predicted molar refractivity (Wildman–Crippen MR) is 94.0 cm³/mol. The van der Waals surface area contributed by atoms with Gasteiger partial charge in [-0.25, -0.2) is 0 Å². The van der Waals surface area contributed by atoms with Gasteiger partial charge in [0, 0.05) is 4.47 Å². The number of nitrogens with one attached hydrogen (secondary N) is 1. The molecular weight excluding hydrogens is 346 g/mol. The normalized spacial score (nSPS) is 12.5. The molecule has 3 aromatic rings. The minimum Gasteiger partial charge on any atom is -0.309 e. The smallest absolute Gasteiger partial charge is 0.0575 e. The molecule has 1 unspecified atom stereocenters. The topological polar surface area (TPSA) is 12.0 Å². The van der Waals surface area contributed by atoms with Crippen molar-refractivity contribution in [3.63, 3.8) is 0 Å². The third kappa shape index (κ3) is 2.98. The second-order valence-electron chi connectivity index (χ2n) is 5.00. The van der Waals surface area contributed by atoms with Crippen molar-refractivity contribution in [1.29, 1.82) is 0 Å². The van der Waals surface area contributed by atoms with Crippen LogP contribution in [0, 0.1) is 0 Å². The molecule has 0 aliphatic carbocycles. The van der Waals surface area contributed by atoms with Gasteiger partial charge in [-0.15, -0.1) is 0 Å². The molecule has 0 saturated heterocycles. The van der Waals surface area contributed by atoms with Gasteiger partial charge in [0.1, 0.15) is 0 Å². The summed E-state index contributed by atoms with van der Waals surface area (Å²) in [7, 11) is 1.97. The lowest BCUT2D eigenvalue weighted by molar-refractivity contribution is 0.692. The fourth-order valence-electron chi connectivity index (χ4n) is 2.61. The van der Waals surface area contributed by atoms with E-state index in [0.29, 0.717) is 0 Å². The Morgan fingerprint density at radius 3 is 2.29 bits per heavy atom. The van der Waals surface area contributed by atoms with Crippen LogP contribution < -0.4 is 5.32 Å². The van der Waals surface area contributed by atoms with Crippen LogP contribution in [-0.4, -0.2) is 7.05 Å². The zero-order chi connectivity index (χ0) is 14.8. The summed E-state index contributed by atoms with van der Waals surface area (Å²) in [5.74, 6) is 0. The Morgan fingerprint density at radius 2 is 1.57 bits per heavy atom. The van der Waals surface area contributed by atoms with Gasteiger partial charge in [-0.05, 0) is 63.1 Å². The van der Waals surface area contributed by atoms with Crippen molar-refractivity contribution in [3.05, 3.63) is 81.3 Å². The maximum absolute atomic E-state index is 6.22. The molecule has 3 rings (SSSR count). The van der Waals surface area contributed by atoms with Crippen molar-refractivity contribution >= 4 is 38.3 Å². The fourth-order valence-corrected chi connectivity index (χ4v) is 3.04. The Kier molecular flexibility index (Phi) is 4.29. The first-order valence-corrected chi connectivity index (χ1v) is 7.97. The third-order valence-electron chi connectivity index (χ3n) is 3.67. The SMILES string of the molecule is CNC(c1ccc(Br)c(Cl)c1)c1ccc2ccccc2c1. The fraction of sp³-hybridized carbons (Fsp3) is 0.111. The zero-order valence-electron chi connectivity index (χ0n) is 11.6. The van der Waals surface area contributed by atoms with E-state index < -0.39 is 0 Å². The van der Waals surface area contributed by atoms with Crippen molar-refractivity contribution in [2.24, 2.45) is 0 Å². The quantitative estimate of drug-likeness (QED) is 0.644. The lowest BCUT2D eigenvalue weighted by Gasteiger charge is -2.18. The van der Waals surface area contributed by atoms with Crippen LogP contribution in [0.3, 0.4) is 0 Å². The molecule has 1 nitrogen and oxygen atoms in total. The van der Waals surface area contributed by atoms with Crippen LogP contribution in [0.1, 0.15) is 17.2 Å². The van der Waals surface area contributed by atoms with Gasteiger partial charge in [0.2, 0.25) is 0 Å². The summed E-state index contributed by atoms with van der Waals surface area (Å²) in [6.45, 7) is 0. The van der Waals surface area contributed by atoms with E-state index in [-0.39, 0.29) is 6.04 Å². The zero-order valence-corrected chi connectivity index (χ0v) is 13.9. The average Bonchev–Trinajstić information content (AvgIpc) is 2.51. The number of halogens is 2. The second kappa shape index (κ2) is 6.18. The number of benzene rings is 3. The highest BCUT2D eigenvalue weighted by atomic mass is 79.9. The molecule has 0 aromatic heterocycles. The van der Waals surface area contributed by atoms with Crippen LogP contribution in [0.15, 0.2) is 65.1 Å². The minimum absolute atomic E-state index is 0.125. The number of hydrogen-bond donors (Lipinski definition) is 1. The van der Waals surface area contributed by atoms with E-state index in [4.69, 9.17) is 11.6 Å². The largest absolute Gasteiger partial charge is 0.309 e. The van der Waals surface area contributed by atoms with E-state index in [1.54, 1.807) is 0 Å². The Balaban J connectivity index is 2.06. The first-order valence-electron chi connectivity index (χ1n) is 6.80. The lowest BCUT2D eigenvalue weighted by atomic mass is 9.96. The molecule has 0 aliphatic rings. The molecular formula is C18H15BrClN. The average molecular weight is 361 g/mol. The summed E-state index contributed by atoms with van der Waals surface area (Å²) >= 11 is 9.66. The van der Waals surface area contributed by atoms with Gasteiger partial charge in [-0.2, -0.15) is 0 Å². The first-order chi connectivity index (χ1) is 10.2. The highest BCUT2D eigenvalue weighted by Gasteiger charge is 2.13. The molecule has 21 heavy (non-hydrogen) atoms. The van der Waals surface area contributed by atoms with Crippen molar-refractivity contribution in [2.45, 2.75) is 6.04 Å². The van der Waals surface area contributed by atoms with Gasteiger partial charge in [0.25, 0.3) is 0 Å². The summed E-state index contributed by atoms with van der Waals surface area (Å²) in [6.07, 6.45) is 0. The van der Waals surface area contributed by atoms with Crippen LogP contribution in [0.2, 0.25) is 5.02 Å². The molecule has 0 amide bonds. The predicted octanol–water partition coefficient (Wildman–Crippen LogP) is 5.56. The molecule has 1 N–H and O–H groups in total. The lowest BCUT2D eigenvalue weighted by Crippen LogP contribution is -2.17. The molecule has 0 heterocycles. The highest BCUT2D eigenvalue weighted by molar-refractivity contribution is 9.10. The molecule has 1 atom stereocenters. The molecule has 3 heteroatoms. The Morgan fingerprint density at radius 1 is 0.905 bits per heavy atom. The highest BCUT2D eigenvalue weighted by Crippen LogP contribution is 2.30. The molecule has 3 aromatic carbocycles. The van der Waals surface area contributed by atoms with Gasteiger partial charge < -0.3 is 5.32 Å². The molecule has 0 bridgehead atoms. The van der Waals surface area contributed by atoms with Gasteiger partial charge in [0.15, 0.2) is 0 Å². The second-order valence-corrected chi connectivity index (χ2v) is 6.26. The summed E-state index contributed by atoms with van der Waals surface area (Å²) in [5, 5.41) is 6.61. The van der Waals surface area contributed by atoms with Gasteiger partial charge in [-0.3, -0.25) is 0 Å². The van der Waals surface area contributed by atoms with E-state index in [1.165, 1.54) is 16.3 Å². The Bertz CT molecular complexity index is 785. The molecule has 0 aliphatic heterocycles. The minimum atomic E-state index is 0.125. The van der Waals surface area contributed by atoms with Crippen LogP contribution >= 0.6 is 27.5 Å². The van der Waals surface area contributed by atoms with Crippen LogP contribution in [-0.2, 0) is 0 Å². The molecule has 0 saturated carbocycles. The molecule has 0 spiro atoms. The van der Waals surface area contributed by atoms with Crippen LogP contribution in [0.4, 0.5) is 0 Å². The molecule has 0 radical (unpaired) electrons. The van der Waals surface area contributed by atoms with Crippen LogP contribution in [0.25, 0.3) is 10.8 Å². The maximum Gasteiger partial charge on any atom is 0.0575 e. The number of rotatable bonds is 3. The Hall–Kier alpha value is -1.35. The van der Waals surface area contributed by atoms with Gasteiger partial charge in [-0.1, -0.05) is 54.1 Å². The van der Waals surface area contributed by atoms with Gasteiger partial charge in [0.05, 0.1) is 11.1 Å².